The molecular weight excluding hydrogens is 210 g/mol. The summed E-state index contributed by atoms with van der Waals surface area (Å²) in [5.41, 5.74) is 2.94. The lowest BCUT2D eigenvalue weighted by Gasteiger charge is -2.21. The summed E-state index contributed by atoms with van der Waals surface area (Å²) >= 11 is 0. The molecule has 1 aliphatic rings. The monoisotopic (exact) mass is 227 g/mol. The molecule has 17 heavy (non-hydrogen) atoms. The first kappa shape index (κ1) is 11.8. The van der Waals surface area contributed by atoms with Crippen LogP contribution in [0.25, 0.3) is 6.08 Å². The highest BCUT2D eigenvalue weighted by molar-refractivity contribution is 6.51. The SMILES string of the molecule is CC(C)C(C)c1cccc2c1C=CC(=N)C2=O. The minimum atomic E-state index is -0.166. The number of fused-ring (bicyclic) bond motifs is 1. The normalized spacial score (nSPS) is 16.2. The average Bonchev–Trinajstić information content (AvgIpc) is 2.32. The van der Waals surface area contributed by atoms with E-state index in [1.807, 2.05) is 18.2 Å². The Kier molecular flexibility index (Phi) is 2.97. The number of carbonyl (C=O) groups is 1. The van der Waals surface area contributed by atoms with Gasteiger partial charge in [-0.05, 0) is 29.0 Å². The van der Waals surface area contributed by atoms with Gasteiger partial charge in [0, 0.05) is 5.56 Å². The van der Waals surface area contributed by atoms with Gasteiger partial charge in [0.15, 0.2) is 0 Å². The molecule has 1 aliphatic carbocycles. The summed E-state index contributed by atoms with van der Waals surface area (Å²) in [5, 5.41) is 7.55. The number of Topliss-reactive ketones (excluding diaryl/α,β-unsaturated/α-hetero) is 1. The van der Waals surface area contributed by atoms with Crippen molar-refractivity contribution in [3.63, 3.8) is 0 Å². The van der Waals surface area contributed by atoms with Crippen LogP contribution < -0.4 is 0 Å². The number of rotatable bonds is 2. The van der Waals surface area contributed by atoms with Crippen molar-refractivity contribution in [2.24, 2.45) is 5.92 Å². The molecule has 0 heterocycles. The minimum absolute atomic E-state index is 0.0758. The molecule has 2 heteroatoms. The third-order valence-electron chi connectivity index (χ3n) is 3.54. The highest BCUT2D eigenvalue weighted by Gasteiger charge is 2.22. The Balaban J connectivity index is 2.58. The van der Waals surface area contributed by atoms with Gasteiger partial charge in [-0.1, -0.05) is 45.0 Å². The third kappa shape index (κ3) is 1.95. The predicted molar refractivity (Wildman–Crippen MR) is 70.8 cm³/mol. The Labute approximate surface area is 102 Å². The van der Waals surface area contributed by atoms with E-state index in [4.69, 9.17) is 5.41 Å². The fourth-order valence-corrected chi connectivity index (χ4v) is 2.11. The van der Waals surface area contributed by atoms with Crippen LogP contribution >= 0.6 is 0 Å². The standard InChI is InChI=1S/C15H17NO/c1-9(2)10(3)11-5-4-6-13-12(11)7-8-14(16)15(13)17/h4-10,16H,1-3H3. The van der Waals surface area contributed by atoms with E-state index in [0.29, 0.717) is 17.4 Å². The molecule has 1 aromatic carbocycles. The zero-order valence-corrected chi connectivity index (χ0v) is 10.4. The van der Waals surface area contributed by atoms with Crippen LogP contribution in [0.15, 0.2) is 24.3 Å². The van der Waals surface area contributed by atoms with Gasteiger partial charge in [-0.15, -0.1) is 0 Å². The molecule has 0 spiro atoms. The molecular formula is C15H17NO. The summed E-state index contributed by atoms with van der Waals surface area (Å²) in [7, 11) is 0. The maximum absolute atomic E-state index is 11.9. The Morgan fingerprint density at radius 1 is 1.12 bits per heavy atom. The van der Waals surface area contributed by atoms with Crippen LogP contribution in [0.3, 0.4) is 0 Å². The number of carbonyl (C=O) groups excluding carboxylic acids is 1. The van der Waals surface area contributed by atoms with Crippen LogP contribution in [0.4, 0.5) is 0 Å². The average molecular weight is 227 g/mol. The van der Waals surface area contributed by atoms with E-state index in [-0.39, 0.29) is 11.5 Å². The van der Waals surface area contributed by atoms with Crippen molar-refractivity contribution in [3.05, 3.63) is 41.0 Å². The second kappa shape index (κ2) is 4.28. The van der Waals surface area contributed by atoms with Gasteiger partial charge in [0.2, 0.25) is 5.78 Å². The van der Waals surface area contributed by atoms with Crippen molar-refractivity contribution < 1.29 is 4.79 Å². The molecule has 1 N–H and O–H groups in total. The van der Waals surface area contributed by atoms with Crippen molar-refractivity contribution in [1.82, 2.24) is 0 Å². The van der Waals surface area contributed by atoms with Crippen LogP contribution in [-0.2, 0) is 0 Å². The van der Waals surface area contributed by atoms with E-state index in [2.05, 4.69) is 26.8 Å². The van der Waals surface area contributed by atoms with Gasteiger partial charge < -0.3 is 0 Å². The molecule has 2 nitrogen and oxygen atoms in total. The third-order valence-corrected chi connectivity index (χ3v) is 3.54. The predicted octanol–water partition coefficient (Wildman–Crippen LogP) is 3.68. The number of nitrogens with one attached hydrogen (secondary N) is 1. The quantitative estimate of drug-likeness (QED) is 0.822. The Morgan fingerprint density at radius 2 is 1.82 bits per heavy atom. The highest BCUT2D eigenvalue weighted by Crippen LogP contribution is 2.31. The first-order valence-electron chi connectivity index (χ1n) is 5.96. The van der Waals surface area contributed by atoms with E-state index < -0.39 is 0 Å². The zero-order valence-electron chi connectivity index (χ0n) is 10.4. The minimum Gasteiger partial charge on any atom is -0.297 e. The van der Waals surface area contributed by atoms with Crippen molar-refractivity contribution in [2.75, 3.05) is 0 Å². The number of hydrogen-bond acceptors (Lipinski definition) is 2. The van der Waals surface area contributed by atoms with Crippen molar-refractivity contribution in [1.29, 1.82) is 5.41 Å². The van der Waals surface area contributed by atoms with E-state index >= 15 is 0 Å². The molecule has 0 amide bonds. The lowest BCUT2D eigenvalue weighted by atomic mass is 9.82. The van der Waals surface area contributed by atoms with E-state index in [9.17, 15) is 4.79 Å². The molecule has 0 bridgehead atoms. The summed E-state index contributed by atoms with van der Waals surface area (Å²) < 4.78 is 0. The second-order valence-electron chi connectivity index (χ2n) is 4.92. The van der Waals surface area contributed by atoms with Gasteiger partial charge in [-0.25, -0.2) is 0 Å². The molecule has 1 unspecified atom stereocenters. The molecule has 2 rings (SSSR count). The van der Waals surface area contributed by atoms with Crippen LogP contribution in [0, 0.1) is 11.3 Å². The van der Waals surface area contributed by atoms with Crippen molar-refractivity contribution >= 4 is 17.6 Å². The maximum Gasteiger partial charge on any atom is 0.211 e. The van der Waals surface area contributed by atoms with Gasteiger partial charge in [0.1, 0.15) is 5.71 Å². The Bertz CT molecular complexity index is 512. The fourth-order valence-electron chi connectivity index (χ4n) is 2.11. The van der Waals surface area contributed by atoms with Crippen LogP contribution in [0.1, 0.15) is 48.2 Å². The first-order valence-corrected chi connectivity index (χ1v) is 5.96. The van der Waals surface area contributed by atoms with Gasteiger partial charge in [-0.3, -0.25) is 10.2 Å². The highest BCUT2D eigenvalue weighted by atomic mass is 16.1. The lowest BCUT2D eigenvalue weighted by Crippen LogP contribution is -2.17. The summed E-state index contributed by atoms with van der Waals surface area (Å²) in [4.78, 5) is 11.9. The van der Waals surface area contributed by atoms with Crippen LogP contribution in [0.5, 0.6) is 0 Å². The molecule has 0 fully saturated rings. The van der Waals surface area contributed by atoms with Crippen molar-refractivity contribution in [2.45, 2.75) is 26.7 Å². The number of allylic oxidation sites excluding steroid dienone is 1. The van der Waals surface area contributed by atoms with Crippen molar-refractivity contribution in [3.8, 4) is 0 Å². The lowest BCUT2D eigenvalue weighted by molar-refractivity contribution is 0.106. The molecule has 0 aromatic heterocycles. The van der Waals surface area contributed by atoms with Crippen LogP contribution in [0.2, 0.25) is 0 Å². The molecule has 0 radical (unpaired) electrons. The number of hydrogen-bond donors (Lipinski definition) is 1. The Morgan fingerprint density at radius 3 is 2.47 bits per heavy atom. The smallest absolute Gasteiger partial charge is 0.211 e. The van der Waals surface area contributed by atoms with Gasteiger partial charge >= 0.3 is 0 Å². The summed E-state index contributed by atoms with van der Waals surface area (Å²) in [6, 6.07) is 5.81. The first-order chi connectivity index (χ1) is 8.02. The number of benzene rings is 1. The van der Waals surface area contributed by atoms with Gasteiger partial charge in [0.25, 0.3) is 0 Å². The summed E-state index contributed by atoms with van der Waals surface area (Å²) in [6.07, 6.45) is 3.49. The fraction of sp³-hybridized carbons (Fsp3) is 0.333. The van der Waals surface area contributed by atoms with E-state index in [0.717, 1.165) is 5.56 Å². The molecule has 0 saturated carbocycles. The van der Waals surface area contributed by atoms with E-state index in [1.165, 1.54) is 5.56 Å². The summed E-state index contributed by atoms with van der Waals surface area (Å²) in [5.74, 6) is 0.779. The molecule has 1 aromatic rings. The van der Waals surface area contributed by atoms with Gasteiger partial charge in [0.05, 0.1) is 0 Å². The second-order valence-corrected chi connectivity index (χ2v) is 4.92. The number of ketones is 1. The maximum atomic E-state index is 11.9. The zero-order chi connectivity index (χ0) is 12.6. The molecule has 0 aliphatic heterocycles. The van der Waals surface area contributed by atoms with Gasteiger partial charge in [-0.2, -0.15) is 0 Å². The molecule has 1 atom stereocenters. The Hall–Kier alpha value is -1.70. The largest absolute Gasteiger partial charge is 0.297 e. The molecule has 88 valence electrons. The van der Waals surface area contributed by atoms with Crippen LogP contribution in [-0.4, -0.2) is 11.5 Å². The summed E-state index contributed by atoms with van der Waals surface area (Å²) in [6.45, 7) is 6.54. The molecule has 0 saturated heterocycles. The topological polar surface area (TPSA) is 40.9 Å². The van der Waals surface area contributed by atoms with E-state index in [1.54, 1.807) is 6.08 Å².